The molecule has 0 saturated heterocycles. The van der Waals surface area contributed by atoms with Crippen LogP contribution in [0, 0.1) is 10.1 Å². The molecule has 4 rings (SSSR count). The molecule has 0 spiro atoms. The van der Waals surface area contributed by atoms with Crippen molar-refractivity contribution in [2.75, 3.05) is 46.8 Å². The molecule has 1 heterocycles. The van der Waals surface area contributed by atoms with Gasteiger partial charge in [-0.2, -0.15) is 0 Å². The standard InChI is InChI=1S/C25H26N2O6/c1-30-12-13-31-14-15-32-16-17-33-21-9-6-19(7-10-21)26-24-5-3-2-4-22(24)23-18-20(27(28)29)8-11-25(23)26/h2-11,18H,12-17H2,1H3. The van der Waals surface area contributed by atoms with Crippen LogP contribution in [0.3, 0.4) is 0 Å². The number of methoxy groups -OCH3 is 1. The first-order chi connectivity index (χ1) is 16.2. The molecule has 1 aromatic heterocycles. The molecule has 0 aliphatic heterocycles. The highest BCUT2D eigenvalue weighted by Crippen LogP contribution is 2.34. The van der Waals surface area contributed by atoms with Gasteiger partial charge in [0.25, 0.3) is 5.69 Å². The summed E-state index contributed by atoms with van der Waals surface area (Å²) in [6, 6.07) is 20.7. The number of rotatable bonds is 12. The van der Waals surface area contributed by atoms with Gasteiger partial charge in [0.15, 0.2) is 0 Å². The van der Waals surface area contributed by atoms with E-state index in [1.54, 1.807) is 19.2 Å². The maximum absolute atomic E-state index is 11.3. The summed E-state index contributed by atoms with van der Waals surface area (Å²) in [6.07, 6.45) is 0. The second-order valence-corrected chi connectivity index (χ2v) is 7.37. The Balaban J connectivity index is 1.43. The lowest BCUT2D eigenvalue weighted by Gasteiger charge is -2.10. The molecule has 8 heteroatoms. The highest BCUT2D eigenvalue weighted by molar-refractivity contribution is 6.09. The van der Waals surface area contributed by atoms with Crippen LogP contribution in [-0.4, -0.2) is 56.2 Å². The first-order valence-corrected chi connectivity index (χ1v) is 10.7. The van der Waals surface area contributed by atoms with Crippen molar-refractivity contribution in [1.82, 2.24) is 4.57 Å². The van der Waals surface area contributed by atoms with E-state index in [1.807, 2.05) is 48.5 Å². The van der Waals surface area contributed by atoms with Crippen LogP contribution in [0.2, 0.25) is 0 Å². The SMILES string of the molecule is COCCOCCOCCOc1ccc(-n2c3ccccc3c3cc([N+](=O)[O-])ccc32)cc1. The Morgan fingerprint density at radius 2 is 1.45 bits per heavy atom. The molecule has 0 fully saturated rings. The minimum Gasteiger partial charge on any atom is -0.491 e. The summed E-state index contributed by atoms with van der Waals surface area (Å²) in [5.41, 5.74) is 2.93. The Kier molecular flexibility index (Phi) is 7.51. The molecule has 0 atom stereocenters. The van der Waals surface area contributed by atoms with Crippen LogP contribution in [-0.2, 0) is 14.2 Å². The zero-order chi connectivity index (χ0) is 23.0. The van der Waals surface area contributed by atoms with Gasteiger partial charge in [0, 0.05) is 35.7 Å². The van der Waals surface area contributed by atoms with Crippen molar-refractivity contribution in [2.24, 2.45) is 0 Å². The highest BCUT2D eigenvalue weighted by atomic mass is 16.6. The fraction of sp³-hybridized carbons (Fsp3) is 0.280. The molecule has 0 N–H and O–H groups in total. The van der Waals surface area contributed by atoms with E-state index in [1.165, 1.54) is 6.07 Å². The zero-order valence-corrected chi connectivity index (χ0v) is 18.4. The fourth-order valence-electron chi connectivity index (χ4n) is 3.73. The average Bonchev–Trinajstić information content (AvgIpc) is 3.17. The maximum Gasteiger partial charge on any atom is 0.270 e. The summed E-state index contributed by atoms with van der Waals surface area (Å²) in [6.45, 7) is 3.09. The van der Waals surface area contributed by atoms with Crippen LogP contribution >= 0.6 is 0 Å². The fourth-order valence-corrected chi connectivity index (χ4v) is 3.73. The van der Waals surface area contributed by atoms with Gasteiger partial charge in [-0.1, -0.05) is 18.2 Å². The van der Waals surface area contributed by atoms with Crippen molar-refractivity contribution in [3.63, 3.8) is 0 Å². The number of benzene rings is 3. The van der Waals surface area contributed by atoms with E-state index in [2.05, 4.69) is 4.57 Å². The highest BCUT2D eigenvalue weighted by Gasteiger charge is 2.15. The Morgan fingerprint density at radius 3 is 2.18 bits per heavy atom. The van der Waals surface area contributed by atoms with Gasteiger partial charge in [-0.15, -0.1) is 0 Å². The molecule has 172 valence electrons. The Bertz CT molecular complexity index is 1220. The Morgan fingerprint density at radius 1 is 0.788 bits per heavy atom. The predicted molar refractivity (Wildman–Crippen MR) is 126 cm³/mol. The van der Waals surface area contributed by atoms with E-state index in [0.29, 0.717) is 39.6 Å². The molecule has 0 aliphatic carbocycles. The molecule has 0 amide bonds. The topological polar surface area (TPSA) is 85.0 Å². The van der Waals surface area contributed by atoms with E-state index in [4.69, 9.17) is 18.9 Å². The van der Waals surface area contributed by atoms with Gasteiger partial charge >= 0.3 is 0 Å². The molecular formula is C25H26N2O6. The zero-order valence-electron chi connectivity index (χ0n) is 18.4. The van der Waals surface area contributed by atoms with Gasteiger partial charge in [0.1, 0.15) is 12.4 Å². The average molecular weight is 450 g/mol. The van der Waals surface area contributed by atoms with Crippen molar-refractivity contribution in [2.45, 2.75) is 0 Å². The number of hydrogen-bond acceptors (Lipinski definition) is 6. The minimum atomic E-state index is -0.365. The van der Waals surface area contributed by atoms with Gasteiger partial charge in [-0.3, -0.25) is 10.1 Å². The van der Waals surface area contributed by atoms with E-state index in [0.717, 1.165) is 33.2 Å². The van der Waals surface area contributed by atoms with E-state index in [9.17, 15) is 10.1 Å². The second kappa shape index (κ2) is 10.9. The lowest BCUT2D eigenvalue weighted by atomic mass is 10.1. The van der Waals surface area contributed by atoms with Gasteiger partial charge in [-0.05, 0) is 36.4 Å². The third-order valence-electron chi connectivity index (χ3n) is 5.26. The van der Waals surface area contributed by atoms with Crippen LogP contribution in [0.5, 0.6) is 5.75 Å². The van der Waals surface area contributed by atoms with Gasteiger partial charge in [0.2, 0.25) is 0 Å². The maximum atomic E-state index is 11.3. The number of fused-ring (bicyclic) bond motifs is 3. The van der Waals surface area contributed by atoms with E-state index < -0.39 is 0 Å². The number of hydrogen-bond donors (Lipinski definition) is 0. The summed E-state index contributed by atoms with van der Waals surface area (Å²) in [5.74, 6) is 0.745. The van der Waals surface area contributed by atoms with Crippen molar-refractivity contribution in [3.8, 4) is 11.4 Å². The molecule has 8 nitrogen and oxygen atoms in total. The van der Waals surface area contributed by atoms with Crippen LogP contribution in [0.1, 0.15) is 0 Å². The van der Waals surface area contributed by atoms with Crippen LogP contribution in [0.15, 0.2) is 66.7 Å². The van der Waals surface area contributed by atoms with Gasteiger partial charge in [0.05, 0.1) is 49.0 Å². The molecule has 0 radical (unpaired) electrons. The quantitative estimate of drug-likeness (QED) is 0.176. The third-order valence-corrected chi connectivity index (χ3v) is 5.26. The second-order valence-electron chi connectivity index (χ2n) is 7.37. The van der Waals surface area contributed by atoms with Crippen molar-refractivity contribution < 1.29 is 23.9 Å². The lowest BCUT2D eigenvalue weighted by molar-refractivity contribution is -0.384. The number of non-ortho nitro benzene ring substituents is 1. The Labute approximate surface area is 191 Å². The molecule has 0 unspecified atom stereocenters. The lowest BCUT2D eigenvalue weighted by Crippen LogP contribution is -2.12. The normalized spacial score (nSPS) is 11.3. The number of nitro groups is 1. The molecule has 4 aromatic rings. The molecule has 0 aliphatic rings. The molecule has 0 saturated carbocycles. The molecule has 33 heavy (non-hydrogen) atoms. The minimum absolute atomic E-state index is 0.0814. The molecule has 0 bridgehead atoms. The number of para-hydroxylation sites is 1. The van der Waals surface area contributed by atoms with Crippen LogP contribution in [0.25, 0.3) is 27.5 Å². The largest absolute Gasteiger partial charge is 0.491 e. The third kappa shape index (κ3) is 5.31. The monoisotopic (exact) mass is 450 g/mol. The Hall–Kier alpha value is -3.46. The summed E-state index contributed by atoms with van der Waals surface area (Å²) < 4.78 is 23.6. The van der Waals surface area contributed by atoms with E-state index >= 15 is 0 Å². The molecular weight excluding hydrogens is 424 g/mol. The summed E-state index contributed by atoms with van der Waals surface area (Å²) >= 11 is 0. The number of nitro benzene ring substituents is 1. The summed E-state index contributed by atoms with van der Waals surface area (Å²) in [4.78, 5) is 10.9. The predicted octanol–water partition coefficient (Wildman–Crippen LogP) is 4.75. The summed E-state index contributed by atoms with van der Waals surface area (Å²) in [7, 11) is 1.64. The van der Waals surface area contributed by atoms with Crippen molar-refractivity contribution in [3.05, 3.63) is 76.8 Å². The van der Waals surface area contributed by atoms with Gasteiger partial charge < -0.3 is 23.5 Å². The smallest absolute Gasteiger partial charge is 0.270 e. The number of ether oxygens (including phenoxy) is 4. The van der Waals surface area contributed by atoms with Crippen LogP contribution in [0.4, 0.5) is 5.69 Å². The van der Waals surface area contributed by atoms with Crippen LogP contribution < -0.4 is 4.74 Å². The first-order valence-electron chi connectivity index (χ1n) is 10.7. The van der Waals surface area contributed by atoms with Crippen molar-refractivity contribution >= 4 is 27.5 Å². The van der Waals surface area contributed by atoms with Gasteiger partial charge in [-0.25, -0.2) is 0 Å². The summed E-state index contributed by atoms with van der Waals surface area (Å²) in [5, 5.41) is 13.1. The molecule has 3 aromatic carbocycles. The van der Waals surface area contributed by atoms with E-state index in [-0.39, 0.29) is 10.6 Å². The number of nitrogens with zero attached hydrogens (tertiary/aromatic N) is 2. The number of aromatic nitrogens is 1. The first kappa shape index (κ1) is 22.7. The van der Waals surface area contributed by atoms with Crippen molar-refractivity contribution in [1.29, 1.82) is 0 Å².